The minimum Gasteiger partial charge on any atom is -0.378 e. The number of rotatable bonds is 3. The molecule has 0 amide bonds. The molecule has 1 fully saturated rings. The van der Waals surface area contributed by atoms with Crippen LogP contribution in [0.4, 0.5) is 0 Å². The zero-order chi connectivity index (χ0) is 19.1. The van der Waals surface area contributed by atoms with Crippen molar-refractivity contribution in [3.05, 3.63) is 59.3 Å². The molecule has 28 heavy (non-hydrogen) atoms. The van der Waals surface area contributed by atoms with Crippen molar-refractivity contribution < 1.29 is 4.74 Å². The first-order valence-electron chi connectivity index (χ1n) is 9.52. The van der Waals surface area contributed by atoms with Gasteiger partial charge in [0, 0.05) is 29.3 Å². The van der Waals surface area contributed by atoms with Gasteiger partial charge in [0.25, 0.3) is 0 Å². The van der Waals surface area contributed by atoms with E-state index >= 15 is 0 Å². The zero-order valence-electron chi connectivity index (χ0n) is 15.5. The lowest BCUT2D eigenvalue weighted by atomic mass is 10.0. The number of ether oxygens (including phenoxy) is 1. The van der Waals surface area contributed by atoms with Gasteiger partial charge in [-0.15, -0.1) is 0 Å². The van der Waals surface area contributed by atoms with E-state index in [0.29, 0.717) is 17.5 Å². The molecule has 4 aromatic rings. The van der Waals surface area contributed by atoms with E-state index < -0.39 is 0 Å². The Hall–Kier alpha value is -2.57. The molecule has 0 unspecified atom stereocenters. The summed E-state index contributed by atoms with van der Waals surface area (Å²) in [4.78, 5) is 9.52. The average Bonchev–Trinajstić information content (AvgIpc) is 3.07. The molecule has 1 aliphatic heterocycles. The van der Waals surface area contributed by atoms with Gasteiger partial charge in [-0.1, -0.05) is 11.6 Å². The predicted molar refractivity (Wildman–Crippen MR) is 109 cm³/mol. The molecule has 1 saturated heterocycles. The highest BCUT2D eigenvalue weighted by atomic mass is 35.5. The van der Waals surface area contributed by atoms with Gasteiger partial charge >= 0.3 is 0 Å². The highest BCUT2D eigenvalue weighted by Crippen LogP contribution is 2.34. The molecule has 142 valence electrons. The van der Waals surface area contributed by atoms with Gasteiger partial charge in [-0.25, -0.2) is 4.98 Å². The molecule has 0 radical (unpaired) electrons. The highest BCUT2D eigenvalue weighted by Gasteiger charge is 2.26. The maximum Gasteiger partial charge on any atom is 0.116 e. The van der Waals surface area contributed by atoms with Crippen LogP contribution < -0.4 is 0 Å². The molecule has 0 saturated carbocycles. The third kappa shape index (κ3) is 3.12. The number of hydrogen-bond donors (Lipinski definition) is 0. The average molecular weight is 394 g/mol. The minimum atomic E-state index is 0.220. The predicted octanol–water partition coefficient (Wildman–Crippen LogP) is 4.36. The second-order valence-electron chi connectivity index (χ2n) is 7.30. The fourth-order valence-corrected chi connectivity index (χ4v) is 4.29. The Bertz CT molecular complexity index is 1140. The van der Waals surface area contributed by atoms with E-state index in [1.807, 2.05) is 36.5 Å². The van der Waals surface area contributed by atoms with Crippen LogP contribution in [0.5, 0.6) is 0 Å². The lowest BCUT2D eigenvalue weighted by Crippen LogP contribution is -2.26. The van der Waals surface area contributed by atoms with E-state index in [2.05, 4.69) is 26.7 Å². The van der Waals surface area contributed by atoms with Gasteiger partial charge in [0.05, 0.1) is 35.4 Å². The fourth-order valence-electron chi connectivity index (χ4n) is 4.11. The number of aromatic nitrogens is 5. The Morgan fingerprint density at radius 3 is 3.00 bits per heavy atom. The molecule has 0 aliphatic carbocycles. The topological polar surface area (TPSA) is 65.7 Å². The fraction of sp³-hybridized carbons (Fsp3) is 0.333. The molecule has 2 atom stereocenters. The molecule has 1 aromatic carbocycles. The summed E-state index contributed by atoms with van der Waals surface area (Å²) in [5.41, 5.74) is 3.79. The summed E-state index contributed by atoms with van der Waals surface area (Å²) in [6.45, 7) is 2.88. The Labute approximate surface area is 167 Å². The number of hydrogen-bond acceptors (Lipinski definition) is 5. The first-order chi connectivity index (χ1) is 13.7. The van der Waals surface area contributed by atoms with Crippen LogP contribution in [-0.4, -0.2) is 37.4 Å². The van der Waals surface area contributed by atoms with Gasteiger partial charge in [-0.3, -0.25) is 4.98 Å². The molecule has 0 spiro atoms. The molecular weight excluding hydrogens is 374 g/mol. The lowest BCUT2D eigenvalue weighted by Gasteiger charge is -2.30. The van der Waals surface area contributed by atoms with Crippen molar-refractivity contribution in [1.82, 2.24) is 24.7 Å². The molecule has 0 N–H and O–H groups in total. The van der Waals surface area contributed by atoms with Crippen LogP contribution in [0.2, 0.25) is 5.02 Å². The van der Waals surface area contributed by atoms with Crippen molar-refractivity contribution in [2.45, 2.75) is 38.3 Å². The maximum absolute atomic E-state index is 6.32. The molecule has 1 aliphatic rings. The van der Waals surface area contributed by atoms with Gasteiger partial charge in [-0.05, 0) is 50.1 Å². The number of nitrogens with zero attached hydrogens (tertiary/aromatic N) is 5. The number of pyridine rings is 1. The summed E-state index contributed by atoms with van der Waals surface area (Å²) in [7, 11) is 0. The van der Waals surface area contributed by atoms with Crippen LogP contribution in [-0.2, 0) is 11.2 Å². The van der Waals surface area contributed by atoms with E-state index in [4.69, 9.17) is 21.3 Å². The minimum absolute atomic E-state index is 0.220. The standard InChI is InChI=1S/C21H20ClN5O/c1-13-9-16(6-8-28-13)27-20(11-15-3-2-7-24-26-15)25-19-12-23-18-5-4-14(22)10-17(18)21(19)27/h2-5,7,10,12-13,16H,6,8-9,11H2,1H3/t13-,16-/m1/s1. The largest absolute Gasteiger partial charge is 0.378 e. The summed E-state index contributed by atoms with van der Waals surface area (Å²) in [5, 5.41) is 10.00. The van der Waals surface area contributed by atoms with Crippen molar-refractivity contribution in [2.75, 3.05) is 6.61 Å². The Morgan fingerprint density at radius 2 is 2.18 bits per heavy atom. The summed E-state index contributed by atoms with van der Waals surface area (Å²) in [6, 6.07) is 10.0. The highest BCUT2D eigenvalue weighted by molar-refractivity contribution is 6.31. The molecule has 5 rings (SSSR count). The van der Waals surface area contributed by atoms with E-state index in [1.54, 1.807) is 6.20 Å². The number of imidazole rings is 1. The Balaban J connectivity index is 1.75. The van der Waals surface area contributed by atoms with Crippen LogP contribution in [0.15, 0.2) is 42.7 Å². The third-order valence-electron chi connectivity index (χ3n) is 5.34. The van der Waals surface area contributed by atoms with Crippen LogP contribution in [0.1, 0.15) is 37.3 Å². The summed E-state index contributed by atoms with van der Waals surface area (Å²) in [6.07, 6.45) is 6.28. The van der Waals surface area contributed by atoms with Crippen molar-refractivity contribution >= 4 is 33.5 Å². The van der Waals surface area contributed by atoms with Crippen LogP contribution in [0, 0.1) is 0 Å². The van der Waals surface area contributed by atoms with Crippen molar-refractivity contribution in [2.24, 2.45) is 0 Å². The van der Waals surface area contributed by atoms with Gasteiger partial charge in [-0.2, -0.15) is 10.2 Å². The second-order valence-corrected chi connectivity index (χ2v) is 7.74. The van der Waals surface area contributed by atoms with Crippen LogP contribution in [0.25, 0.3) is 21.9 Å². The number of halogens is 1. The summed E-state index contributed by atoms with van der Waals surface area (Å²) >= 11 is 6.32. The monoisotopic (exact) mass is 393 g/mol. The zero-order valence-corrected chi connectivity index (χ0v) is 16.3. The Morgan fingerprint density at radius 1 is 1.25 bits per heavy atom. The van der Waals surface area contributed by atoms with Crippen molar-refractivity contribution in [3.8, 4) is 0 Å². The van der Waals surface area contributed by atoms with Crippen LogP contribution >= 0.6 is 11.6 Å². The summed E-state index contributed by atoms with van der Waals surface area (Å²) in [5.74, 6) is 0.976. The van der Waals surface area contributed by atoms with Gasteiger partial charge in [0.15, 0.2) is 0 Å². The van der Waals surface area contributed by atoms with Gasteiger partial charge in [0.1, 0.15) is 11.3 Å². The van der Waals surface area contributed by atoms with Crippen molar-refractivity contribution in [1.29, 1.82) is 0 Å². The van der Waals surface area contributed by atoms with Crippen molar-refractivity contribution in [3.63, 3.8) is 0 Å². The smallest absolute Gasteiger partial charge is 0.116 e. The number of benzene rings is 1. The number of fused-ring (bicyclic) bond motifs is 3. The quantitative estimate of drug-likeness (QED) is 0.517. The second kappa shape index (κ2) is 7.11. The van der Waals surface area contributed by atoms with Gasteiger partial charge < -0.3 is 9.30 Å². The van der Waals surface area contributed by atoms with E-state index in [0.717, 1.165) is 52.9 Å². The lowest BCUT2D eigenvalue weighted by molar-refractivity contribution is 0.00631. The first kappa shape index (κ1) is 17.5. The molecule has 0 bridgehead atoms. The van der Waals surface area contributed by atoms with E-state index in [1.165, 1.54) is 0 Å². The summed E-state index contributed by atoms with van der Waals surface area (Å²) < 4.78 is 8.16. The molecule has 6 nitrogen and oxygen atoms in total. The van der Waals surface area contributed by atoms with Gasteiger partial charge in [0.2, 0.25) is 0 Å². The van der Waals surface area contributed by atoms with Crippen LogP contribution in [0.3, 0.4) is 0 Å². The normalized spacial score (nSPS) is 20.1. The van der Waals surface area contributed by atoms with E-state index in [9.17, 15) is 0 Å². The first-order valence-corrected chi connectivity index (χ1v) is 9.90. The SMILES string of the molecule is C[C@@H]1C[C@H](n2c(Cc3cccnn3)nc3cnc4ccc(Cl)cc4c32)CCO1. The molecule has 4 heterocycles. The molecular formula is C21H20ClN5O. The van der Waals surface area contributed by atoms with E-state index in [-0.39, 0.29) is 6.10 Å². The maximum atomic E-state index is 6.32. The third-order valence-corrected chi connectivity index (χ3v) is 5.58. The molecule has 3 aromatic heterocycles. The molecule has 7 heteroatoms. The Kier molecular flexibility index (Phi) is 4.45.